The van der Waals surface area contributed by atoms with Crippen LogP contribution in [0.15, 0.2) is 23.1 Å². The van der Waals surface area contributed by atoms with E-state index in [2.05, 4.69) is 10.2 Å². The Morgan fingerprint density at radius 3 is 2.46 bits per heavy atom. The van der Waals surface area contributed by atoms with Gasteiger partial charge in [-0.05, 0) is 44.7 Å². The standard InChI is InChI=1S/C18H27N3O2S/c1-13(2)19-17(22)12-20-7-9-21(10-8-20)18(23)16-11-15(24-4)6-5-14(16)3/h5-6,11,13H,7-10,12H2,1-4H3,(H,19,22). The van der Waals surface area contributed by atoms with Crippen molar-refractivity contribution in [2.75, 3.05) is 39.0 Å². The summed E-state index contributed by atoms with van der Waals surface area (Å²) < 4.78 is 0. The van der Waals surface area contributed by atoms with Crippen molar-refractivity contribution in [3.8, 4) is 0 Å². The Morgan fingerprint density at radius 2 is 1.88 bits per heavy atom. The summed E-state index contributed by atoms with van der Waals surface area (Å²) in [5, 5.41) is 2.91. The summed E-state index contributed by atoms with van der Waals surface area (Å²) in [7, 11) is 0. The smallest absolute Gasteiger partial charge is 0.254 e. The molecule has 1 saturated heterocycles. The summed E-state index contributed by atoms with van der Waals surface area (Å²) in [5.41, 5.74) is 1.80. The molecule has 0 saturated carbocycles. The van der Waals surface area contributed by atoms with Crippen LogP contribution in [0.4, 0.5) is 0 Å². The molecule has 1 aliphatic heterocycles. The molecule has 0 atom stereocenters. The molecule has 1 heterocycles. The molecule has 0 radical (unpaired) electrons. The van der Waals surface area contributed by atoms with E-state index in [1.54, 1.807) is 11.8 Å². The number of benzene rings is 1. The molecule has 0 aliphatic carbocycles. The molecule has 5 nitrogen and oxygen atoms in total. The quantitative estimate of drug-likeness (QED) is 0.826. The second-order valence-corrected chi connectivity index (χ2v) is 7.35. The first-order valence-electron chi connectivity index (χ1n) is 8.36. The van der Waals surface area contributed by atoms with Crippen molar-refractivity contribution in [3.63, 3.8) is 0 Å². The number of piperazine rings is 1. The molecule has 132 valence electrons. The maximum atomic E-state index is 12.8. The first-order chi connectivity index (χ1) is 11.4. The van der Waals surface area contributed by atoms with Gasteiger partial charge in [0.25, 0.3) is 5.91 Å². The molecular weight excluding hydrogens is 322 g/mol. The zero-order chi connectivity index (χ0) is 17.7. The van der Waals surface area contributed by atoms with Crippen molar-refractivity contribution in [2.24, 2.45) is 0 Å². The van der Waals surface area contributed by atoms with Crippen LogP contribution in [-0.2, 0) is 4.79 Å². The Hall–Kier alpha value is -1.53. The number of aryl methyl sites for hydroxylation is 1. The van der Waals surface area contributed by atoms with Crippen LogP contribution in [0.5, 0.6) is 0 Å². The van der Waals surface area contributed by atoms with Crippen molar-refractivity contribution in [1.29, 1.82) is 0 Å². The van der Waals surface area contributed by atoms with Gasteiger partial charge in [-0.15, -0.1) is 11.8 Å². The Labute approximate surface area is 148 Å². The largest absolute Gasteiger partial charge is 0.353 e. The van der Waals surface area contributed by atoms with Gasteiger partial charge in [-0.3, -0.25) is 14.5 Å². The first-order valence-corrected chi connectivity index (χ1v) is 9.59. The normalized spacial score (nSPS) is 15.6. The fraction of sp³-hybridized carbons (Fsp3) is 0.556. The van der Waals surface area contributed by atoms with Gasteiger partial charge in [0, 0.05) is 42.7 Å². The second kappa shape index (κ2) is 8.53. The lowest BCUT2D eigenvalue weighted by molar-refractivity contribution is -0.123. The van der Waals surface area contributed by atoms with E-state index in [9.17, 15) is 9.59 Å². The second-order valence-electron chi connectivity index (χ2n) is 6.47. The number of hydrogen-bond donors (Lipinski definition) is 1. The molecule has 0 unspecified atom stereocenters. The summed E-state index contributed by atoms with van der Waals surface area (Å²) in [6.07, 6.45) is 2.01. The van der Waals surface area contributed by atoms with Gasteiger partial charge < -0.3 is 10.2 Å². The van der Waals surface area contributed by atoms with Gasteiger partial charge in [0.1, 0.15) is 0 Å². The highest BCUT2D eigenvalue weighted by Crippen LogP contribution is 2.21. The summed E-state index contributed by atoms with van der Waals surface area (Å²) in [4.78, 5) is 29.7. The average molecular weight is 350 g/mol. The number of rotatable bonds is 5. The van der Waals surface area contributed by atoms with Gasteiger partial charge in [0.05, 0.1) is 6.54 Å². The maximum absolute atomic E-state index is 12.8. The van der Waals surface area contributed by atoms with Crippen LogP contribution in [0, 0.1) is 6.92 Å². The molecule has 2 rings (SSSR count). The van der Waals surface area contributed by atoms with E-state index >= 15 is 0 Å². The number of nitrogens with zero attached hydrogens (tertiary/aromatic N) is 2. The van der Waals surface area contributed by atoms with Gasteiger partial charge >= 0.3 is 0 Å². The monoisotopic (exact) mass is 349 g/mol. The van der Waals surface area contributed by atoms with Crippen LogP contribution in [0.3, 0.4) is 0 Å². The summed E-state index contributed by atoms with van der Waals surface area (Å²) >= 11 is 1.64. The van der Waals surface area contributed by atoms with Crippen LogP contribution in [-0.4, -0.2) is 66.6 Å². The average Bonchev–Trinajstić information content (AvgIpc) is 2.54. The lowest BCUT2D eigenvalue weighted by Gasteiger charge is -2.34. The highest BCUT2D eigenvalue weighted by Gasteiger charge is 2.24. The number of carbonyl (C=O) groups is 2. The number of nitrogens with one attached hydrogen (secondary N) is 1. The molecule has 2 amide bonds. The Morgan fingerprint density at radius 1 is 1.21 bits per heavy atom. The van der Waals surface area contributed by atoms with Gasteiger partial charge in [0.15, 0.2) is 0 Å². The highest BCUT2D eigenvalue weighted by atomic mass is 32.2. The predicted molar refractivity (Wildman–Crippen MR) is 98.6 cm³/mol. The van der Waals surface area contributed by atoms with Crippen molar-refractivity contribution in [2.45, 2.75) is 31.7 Å². The lowest BCUT2D eigenvalue weighted by Crippen LogP contribution is -2.51. The topological polar surface area (TPSA) is 52.7 Å². The Bertz CT molecular complexity index is 596. The van der Waals surface area contributed by atoms with Crippen molar-refractivity contribution in [3.05, 3.63) is 29.3 Å². The van der Waals surface area contributed by atoms with E-state index in [0.29, 0.717) is 19.6 Å². The molecule has 1 aromatic rings. The molecule has 0 bridgehead atoms. The van der Waals surface area contributed by atoms with Gasteiger partial charge in [-0.1, -0.05) is 6.07 Å². The SMILES string of the molecule is CSc1ccc(C)c(C(=O)N2CCN(CC(=O)NC(C)C)CC2)c1. The minimum atomic E-state index is 0.0493. The van der Waals surface area contributed by atoms with E-state index in [1.165, 1.54) is 0 Å². The van der Waals surface area contributed by atoms with E-state index in [1.807, 2.05) is 50.1 Å². The lowest BCUT2D eigenvalue weighted by atomic mass is 10.1. The van der Waals surface area contributed by atoms with Crippen LogP contribution in [0.1, 0.15) is 29.8 Å². The van der Waals surface area contributed by atoms with Crippen molar-refractivity contribution in [1.82, 2.24) is 15.1 Å². The van der Waals surface area contributed by atoms with Crippen LogP contribution in [0.25, 0.3) is 0 Å². The molecule has 1 N–H and O–H groups in total. The highest BCUT2D eigenvalue weighted by molar-refractivity contribution is 7.98. The van der Waals surface area contributed by atoms with Crippen LogP contribution in [0.2, 0.25) is 0 Å². The Balaban J connectivity index is 1.92. The van der Waals surface area contributed by atoms with E-state index in [4.69, 9.17) is 0 Å². The van der Waals surface area contributed by atoms with Gasteiger partial charge in [0.2, 0.25) is 5.91 Å². The minimum Gasteiger partial charge on any atom is -0.353 e. The molecule has 1 fully saturated rings. The summed E-state index contributed by atoms with van der Waals surface area (Å²) in [5.74, 6) is 0.142. The zero-order valence-corrected chi connectivity index (χ0v) is 15.8. The molecule has 6 heteroatoms. The van der Waals surface area contributed by atoms with Crippen LogP contribution >= 0.6 is 11.8 Å². The third-order valence-corrected chi connectivity index (χ3v) is 4.88. The molecular formula is C18H27N3O2S. The number of amides is 2. The molecule has 24 heavy (non-hydrogen) atoms. The number of carbonyl (C=O) groups excluding carboxylic acids is 2. The molecule has 0 aromatic heterocycles. The fourth-order valence-electron chi connectivity index (χ4n) is 2.81. The summed E-state index contributed by atoms with van der Waals surface area (Å²) in [6, 6.07) is 6.19. The predicted octanol–water partition coefficient (Wildman–Crippen LogP) is 2.00. The van der Waals surface area contributed by atoms with Crippen LogP contribution < -0.4 is 5.32 Å². The van der Waals surface area contributed by atoms with E-state index in [-0.39, 0.29) is 17.9 Å². The molecule has 1 aromatic carbocycles. The summed E-state index contributed by atoms with van der Waals surface area (Å²) in [6.45, 7) is 9.09. The fourth-order valence-corrected chi connectivity index (χ4v) is 3.25. The maximum Gasteiger partial charge on any atom is 0.254 e. The third-order valence-electron chi connectivity index (χ3n) is 4.15. The van der Waals surface area contributed by atoms with Crippen molar-refractivity contribution < 1.29 is 9.59 Å². The third kappa shape index (κ3) is 4.98. The van der Waals surface area contributed by atoms with E-state index < -0.39 is 0 Å². The zero-order valence-electron chi connectivity index (χ0n) is 15.0. The first kappa shape index (κ1) is 18.8. The Kier molecular flexibility index (Phi) is 6.69. The minimum absolute atomic E-state index is 0.0493. The van der Waals surface area contributed by atoms with Gasteiger partial charge in [-0.2, -0.15) is 0 Å². The molecule has 1 aliphatic rings. The number of thioether (sulfide) groups is 1. The van der Waals surface area contributed by atoms with E-state index in [0.717, 1.165) is 29.1 Å². The van der Waals surface area contributed by atoms with Crippen molar-refractivity contribution >= 4 is 23.6 Å². The van der Waals surface area contributed by atoms with Gasteiger partial charge in [-0.25, -0.2) is 0 Å². The number of hydrogen-bond acceptors (Lipinski definition) is 4. The molecule has 0 spiro atoms.